The van der Waals surface area contributed by atoms with Gasteiger partial charge < -0.3 is 16.0 Å². The van der Waals surface area contributed by atoms with Crippen LogP contribution in [0.4, 0.5) is 5.69 Å². The summed E-state index contributed by atoms with van der Waals surface area (Å²) in [6.07, 6.45) is 5.26. The number of halogens is 1. The summed E-state index contributed by atoms with van der Waals surface area (Å²) >= 11 is 0. The van der Waals surface area contributed by atoms with E-state index in [0.29, 0.717) is 11.6 Å². The molecule has 1 aliphatic heterocycles. The first-order chi connectivity index (χ1) is 10.2. The molecule has 1 atom stereocenters. The Morgan fingerprint density at radius 1 is 1.05 bits per heavy atom. The summed E-state index contributed by atoms with van der Waals surface area (Å²) in [7, 11) is 0. The number of hydrogen-bond donors (Lipinski definition) is 3. The lowest BCUT2D eigenvalue weighted by Crippen LogP contribution is -2.43. The van der Waals surface area contributed by atoms with Gasteiger partial charge in [0.1, 0.15) is 0 Å². The van der Waals surface area contributed by atoms with E-state index in [-0.39, 0.29) is 30.3 Å². The van der Waals surface area contributed by atoms with Crippen LogP contribution in [-0.2, 0) is 4.79 Å². The van der Waals surface area contributed by atoms with Crippen LogP contribution in [0.1, 0.15) is 42.5 Å². The second kappa shape index (κ2) is 7.61. The predicted octanol–water partition coefficient (Wildman–Crippen LogP) is 2.08. The molecule has 0 radical (unpaired) electrons. The fraction of sp³-hybridized carbons (Fsp3) is 0.500. The Hall–Kier alpha value is -1.59. The van der Waals surface area contributed by atoms with Gasteiger partial charge in [0.25, 0.3) is 5.91 Å². The molecule has 2 aliphatic rings. The highest BCUT2D eigenvalue weighted by molar-refractivity contribution is 5.97. The summed E-state index contributed by atoms with van der Waals surface area (Å²) in [5.41, 5.74) is 1.37. The number of rotatable bonds is 4. The molecule has 1 aromatic carbocycles. The Kier molecular flexibility index (Phi) is 5.80. The van der Waals surface area contributed by atoms with Crippen molar-refractivity contribution in [2.45, 2.75) is 44.2 Å². The highest BCUT2D eigenvalue weighted by Gasteiger charge is 2.24. The molecule has 2 fully saturated rings. The maximum absolute atomic E-state index is 12.1. The normalized spacial score (nSPS) is 20.6. The largest absolute Gasteiger partial charge is 0.349 e. The number of carbonyl (C=O) groups excluding carboxylic acids is 2. The molecule has 3 N–H and O–H groups in total. The highest BCUT2D eigenvalue weighted by atomic mass is 35.5. The average Bonchev–Trinajstić information content (AvgIpc) is 3.33. The van der Waals surface area contributed by atoms with E-state index in [4.69, 9.17) is 0 Å². The van der Waals surface area contributed by atoms with Crippen LogP contribution in [-0.4, -0.2) is 30.4 Å². The van der Waals surface area contributed by atoms with Gasteiger partial charge in [-0.15, -0.1) is 12.4 Å². The minimum absolute atomic E-state index is 0. The molecule has 1 saturated heterocycles. The predicted molar refractivity (Wildman–Crippen MR) is 88.4 cm³/mol. The third-order valence-electron chi connectivity index (χ3n) is 3.95. The first-order valence-electron chi connectivity index (χ1n) is 7.67. The van der Waals surface area contributed by atoms with Gasteiger partial charge in [0.15, 0.2) is 0 Å². The number of hydrogen-bond acceptors (Lipinski definition) is 3. The molecule has 0 unspecified atom stereocenters. The molecule has 5 nitrogen and oxygen atoms in total. The van der Waals surface area contributed by atoms with Crippen molar-refractivity contribution in [2.24, 2.45) is 0 Å². The van der Waals surface area contributed by atoms with Crippen LogP contribution in [0.25, 0.3) is 0 Å². The topological polar surface area (TPSA) is 70.2 Å². The lowest BCUT2D eigenvalue weighted by molar-refractivity contribution is -0.118. The number of nitrogens with one attached hydrogen (secondary N) is 3. The fourth-order valence-electron chi connectivity index (χ4n) is 2.51. The molecular weight excluding hydrogens is 302 g/mol. The van der Waals surface area contributed by atoms with Gasteiger partial charge in [-0.3, -0.25) is 9.59 Å². The molecule has 1 saturated carbocycles. The van der Waals surface area contributed by atoms with Crippen LogP contribution in [0, 0.1) is 0 Å². The number of carbonyl (C=O) groups is 2. The second-order valence-corrected chi connectivity index (χ2v) is 5.82. The molecule has 1 aromatic rings. The van der Waals surface area contributed by atoms with Crippen LogP contribution < -0.4 is 16.0 Å². The first-order valence-corrected chi connectivity index (χ1v) is 7.67. The summed E-state index contributed by atoms with van der Waals surface area (Å²) in [4.78, 5) is 24.0. The van der Waals surface area contributed by atoms with Crippen molar-refractivity contribution in [3.8, 4) is 0 Å². The van der Waals surface area contributed by atoms with Crippen molar-refractivity contribution in [2.75, 3.05) is 11.9 Å². The SMILES string of the molecule is Cl.O=C(NC1CC1)c1ccc(NC(=O)[C@H]2CCCCN2)cc1. The lowest BCUT2D eigenvalue weighted by atomic mass is 10.0. The first kappa shape index (κ1) is 16.8. The summed E-state index contributed by atoms with van der Waals surface area (Å²) in [5.74, 6) is -0.0331. The van der Waals surface area contributed by atoms with Crippen molar-refractivity contribution < 1.29 is 9.59 Å². The van der Waals surface area contributed by atoms with E-state index < -0.39 is 0 Å². The Labute approximate surface area is 136 Å². The zero-order chi connectivity index (χ0) is 14.7. The third kappa shape index (κ3) is 4.45. The Bertz CT molecular complexity index is 523. The molecule has 0 aromatic heterocycles. The molecule has 2 amide bonds. The third-order valence-corrected chi connectivity index (χ3v) is 3.95. The van der Waals surface area contributed by atoms with E-state index in [1.165, 1.54) is 0 Å². The van der Waals surface area contributed by atoms with Gasteiger partial charge in [-0.1, -0.05) is 6.42 Å². The van der Waals surface area contributed by atoms with Crippen LogP contribution in [0.15, 0.2) is 24.3 Å². The molecule has 0 bridgehead atoms. The number of anilines is 1. The summed E-state index contributed by atoms with van der Waals surface area (Å²) < 4.78 is 0. The van der Waals surface area contributed by atoms with Crippen LogP contribution in [0.5, 0.6) is 0 Å². The standard InChI is InChI=1S/C16H21N3O2.ClH/c20-15(18-13-8-9-13)11-4-6-12(7-5-11)19-16(21)14-3-1-2-10-17-14;/h4-7,13-14,17H,1-3,8-10H2,(H,18,20)(H,19,21);1H/t14-;/m1./s1. The number of piperidine rings is 1. The summed E-state index contributed by atoms with van der Waals surface area (Å²) in [5, 5.41) is 9.06. The van der Waals surface area contributed by atoms with Gasteiger partial charge in [0.2, 0.25) is 5.91 Å². The Morgan fingerprint density at radius 2 is 1.77 bits per heavy atom. The van der Waals surface area contributed by atoms with Gasteiger partial charge in [-0.25, -0.2) is 0 Å². The molecule has 120 valence electrons. The van der Waals surface area contributed by atoms with Gasteiger partial charge >= 0.3 is 0 Å². The van der Waals surface area contributed by atoms with Crippen molar-refractivity contribution >= 4 is 29.9 Å². The van der Waals surface area contributed by atoms with Crippen LogP contribution in [0.2, 0.25) is 0 Å². The van der Waals surface area contributed by atoms with Crippen molar-refractivity contribution in [1.29, 1.82) is 0 Å². The van der Waals surface area contributed by atoms with Crippen molar-refractivity contribution in [1.82, 2.24) is 10.6 Å². The van der Waals surface area contributed by atoms with Gasteiger partial charge in [0.05, 0.1) is 6.04 Å². The molecule has 0 spiro atoms. The molecule has 6 heteroatoms. The zero-order valence-electron chi connectivity index (χ0n) is 12.4. The maximum atomic E-state index is 12.1. The molecule has 1 aliphatic carbocycles. The minimum atomic E-state index is -0.100. The number of benzene rings is 1. The van der Waals surface area contributed by atoms with E-state index in [2.05, 4.69) is 16.0 Å². The molecule has 3 rings (SSSR count). The molecule has 22 heavy (non-hydrogen) atoms. The smallest absolute Gasteiger partial charge is 0.251 e. The van der Waals surface area contributed by atoms with Gasteiger partial charge in [-0.2, -0.15) is 0 Å². The quantitative estimate of drug-likeness (QED) is 0.794. The highest BCUT2D eigenvalue weighted by Crippen LogP contribution is 2.20. The Morgan fingerprint density at radius 3 is 2.36 bits per heavy atom. The molecule has 1 heterocycles. The zero-order valence-corrected chi connectivity index (χ0v) is 13.2. The Balaban J connectivity index is 0.00000176. The average molecular weight is 324 g/mol. The van der Waals surface area contributed by atoms with Crippen LogP contribution >= 0.6 is 12.4 Å². The van der Waals surface area contributed by atoms with E-state index in [1.54, 1.807) is 24.3 Å². The monoisotopic (exact) mass is 323 g/mol. The maximum Gasteiger partial charge on any atom is 0.251 e. The number of amides is 2. The lowest BCUT2D eigenvalue weighted by Gasteiger charge is -2.22. The van der Waals surface area contributed by atoms with Crippen LogP contribution in [0.3, 0.4) is 0 Å². The van der Waals surface area contributed by atoms with Crippen molar-refractivity contribution in [3.63, 3.8) is 0 Å². The van der Waals surface area contributed by atoms with E-state index in [1.807, 2.05) is 0 Å². The minimum Gasteiger partial charge on any atom is -0.349 e. The van der Waals surface area contributed by atoms with Crippen molar-refractivity contribution in [3.05, 3.63) is 29.8 Å². The van der Waals surface area contributed by atoms with E-state index >= 15 is 0 Å². The molecular formula is C16H22ClN3O2. The second-order valence-electron chi connectivity index (χ2n) is 5.82. The van der Waals surface area contributed by atoms with Gasteiger partial charge in [0, 0.05) is 17.3 Å². The fourth-order valence-corrected chi connectivity index (χ4v) is 2.51. The summed E-state index contributed by atoms with van der Waals surface area (Å²) in [6, 6.07) is 7.32. The summed E-state index contributed by atoms with van der Waals surface area (Å²) in [6.45, 7) is 0.901. The van der Waals surface area contributed by atoms with E-state index in [9.17, 15) is 9.59 Å². The van der Waals surface area contributed by atoms with E-state index in [0.717, 1.165) is 44.3 Å². The van der Waals surface area contributed by atoms with Gasteiger partial charge in [-0.05, 0) is 56.5 Å².